The molecule has 0 amide bonds. The summed E-state index contributed by atoms with van der Waals surface area (Å²) in [4.78, 5) is 6.65. The summed E-state index contributed by atoms with van der Waals surface area (Å²) >= 11 is 0. The highest BCUT2D eigenvalue weighted by molar-refractivity contribution is 5.79. The maximum absolute atomic E-state index is 13.3. The highest BCUT2D eigenvalue weighted by atomic mass is 19.1. The van der Waals surface area contributed by atoms with Gasteiger partial charge in [-0.1, -0.05) is 6.07 Å². The van der Waals surface area contributed by atoms with Gasteiger partial charge in [0.05, 0.1) is 12.7 Å². The minimum atomic E-state index is -0.208. The Morgan fingerprint density at radius 2 is 2.26 bits per heavy atom. The number of anilines is 1. The van der Waals surface area contributed by atoms with Crippen LogP contribution in [0.2, 0.25) is 0 Å². The average Bonchev–Trinajstić information content (AvgIpc) is 3.18. The zero-order valence-electron chi connectivity index (χ0n) is 16.5. The molecule has 1 aliphatic heterocycles. The number of hydrogen-bond acceptors (Lipinski definition) is 4. The van der Waals surface area contributed by atoms with Crippen LogP contribution in [-0.2, 0) is 9.47 Å². The Labute approximate surface area is 162 Å². The van der Waals surface area contributed by atoms with Gasteiger partial charge in [-0.3, -0.25) is 4.99 Å². The molecule has 1 unspecified atom stereocenters. The van der Waals surface area contributed by atoms with E-state index in [1.54, 1.807) is 12.1 Å². The SMILES string of the molecule is CCNC(=NCCCN(C)c1cccc(F)c1)NCCCOC1CCOC1. The third kappa shape index (κ3) is 8.58. The van der Waals surface area contributed by atoms with E-state index in [1.165, 1.54) is 6.07 Å². The molecule has 1 saturated heterocycles. The molecule has 1 atom stereocenters. The third-order valence-corrected chi connectivity index (χ3v) is 4.37. The average molecular weight is 381 g/mol. The van der Waals surface area contributed by atoms with E-state index in [-0.39, 0.29) is 11.9 Å². The van der Waals surface area contributed by atoms with E-state index in [2.05, 4.69) is 22.5 Å². The normalized spacial score (nSPS) is 17.1. The smallest absolute Gasteiger partial charge is 0.191 e. The van der Waals surface area contributed by atoms with Gasteiger partial charge in [0.25, 0.3) is 0 Å². The molecule has 7 heteroatoms. The molecule has 0 spiro atoms. The lowest BCUT2D eigenvalue weighted by molar-refractivity contribution is 0.0420. The second-order valence-electron chi connectivity index (χ2n) is 6.65. The number of hydrogen-bond donors (Lipinski definition) is 2. The summed E-state index contributed by atoms with van der Waals surface area (Å²) in [6.45, 7) is 7.51. The molecule has 0 bridgehead atoms. The lowest BCUT2D eigenvalue weighted by Crippen LogP contribution is -2.38. The van der Waals surface area contributed by atoms with E-state index in [4.69, 9.17) is 9.47 Å². The highest BCUT2D eigenvalue weighted by Gasteiger charge is 2.15. The second-order valence-corrected chi connectivity index (χ2v) is 6.65. The number of ether oxygens (including phenoxy) is 2. The molecule has 0 aliphatic carbocycles. The number of rotatable bonds is 11. The number of benzene rings is 1. The highest BCUT2D eigenvalue weighted by Crippen LogP contribution is 2.13. The Kier molecular flexibility index (Phi) is 9.94. The zero-order chi connectivity index (χ0) is 19.3. The first-order valence-corrected chi connectivity index (χ1v) is 9.87. The van der Waals surface area contributed by atoms with Gasteiger partial charge in [0.15, 0.2) is 5.96 Å². The van der Waals surface area contributed by atoms with Crippen LogP contribution in [0.5, 0.6) is 0 Å². The summed E-state index contributed by atoms with van der Waals surface area (Å²) in [5, 5.41) is 6.59. The van der Waals surface area contributed by atoms with Crippen molar-refractivity contribution in [1.82, 2.24) is 10.6 Å². The van der Waals surface area contributed by atoms with Gasteiger partial charge in [-0.05, 0) is 44.4 Å². The van der Waals surface area contributed by atoms with Crippen LogP contribution in [0.3, 0.4) is 0 Å². The maximum atomic E-state index is 13.3. The van der Waals surface area contributed by atoms with Crippen molar-refractivity contribution >= 4 is 11.6 Å². The Bertz CT molecular complexity index is 565. The maximum Gasteiger partial charge on any atom is 0.191 e. The van der Waals surface area contributed by atoms with Crippen molar-refractivity contribution < 1.29 is 13.9 Å². The van der Waals surface area contributed by atoms with Crippen LogP contribution in [0.25, 0.3) is 0 Å². The first-order valence-electron chi connectivity index (χ1n) is 9.87. The monoisotopic (exact) mass is 380 g/mol. The molecule has 1 heterocycles. The van der Waals surface area contributed by atoms with Gasteiger partial charge in [0, 0.05) is 52.1 Å². The minimum absolute atomic E-state index is 0.208. The molecule has 1 aliphatic rings. The molecule has 1 aromatic rings. The van der Waals surface area contributed by atoms with Crippen molar-refractivity contribution in [3.63, 3.8) is 0 Å². The molecule has 2 rings (SSSR count). The molecular weight excluding hydrogens is 347 g/mol. The summed E-state index contributed by atoms with van der Waals surface area (Å²) in [6, 6.07) is 6.66. The number of halogens is 1. The van der Waals surface area contributed by atoms with Crippen LogP contribution in [0.4, 0.5) is 10.1 Å². The Balaban J connectivity index is 1.61. The second kappa shape index (κ2) is 12.5. The van der Waals surface area contributed by atoms with Crippen molar-refractivity contribution in [3.05, 3.63) is 30.1 Å². The summed E-state index contributed by atoms with van der Waals surface area (Å²) in [5.74, 6) is 0.621. The molecule has 0 radical (unpaired) electrons. The van der Waals surface area contributed by atoms with Gasteiger partial charge in [-0.15, -0.1) is 0 Å². The van der Waals surface area contributed by atoms with Crippen LogP contribution in [0.15, 0.2) is 29.3 Å². The molecule has 1 aromatic carbocycles. The van der Waals surface area contributed by atoms with Crippen molar-refractivity contribution in [2.24, 2.45) is 4.99 Å². The third-order valence-electron chi connectivity index (χ3n) is 4.37. The predicted molar refractivity (Wildman–Crippen MR) is 108 cm³/mol. The number of nitrogens with one attached hydrogen (secondary N) is 2. The Morgan fingerprint density at radius 3 is 3.00 bits per heavy atom. The molecule has 0 aromatic heterocycles. The van der Waals surface area contributed by atoms with E-state index in [9.17, 15) is 4.39 Å². The van der Waals surface area contributed by atoms with Crippen molar-refractivity contribution in [3.8, 4) is 0 Å². The quantitative estimate of drug-likeness (QED) is 0.351. The van der Waals surface area contributed by atoms with Crippen molar-refractivity contribution in [2.75, 3.05) is 57.9 Å². The molecule has 27 heavy (non-hydrogen) atoms. The molecule has 6 nitrogen and oxygen atoms in total. The van der Waals surface area contributed by atoms with E-state index < -0.39 is 0 Å². The summed E-state index contributed by atoms with van der Waals surface area (Å²) < 4.78 is 24.3. The van der Waals surface area contributed by atoms with Crippen LogP contribution in [0, 0.1) is 5.82 Å². The van der Waals surface area contributed by atoms with Crippen molar-refractivity contribution in [1.29, 1.82) is 0 Å². The molecule has 2 N–H and O–H groups in total. The van der Waals surface area contributed by atoms with Crippen LogP contribution < -0.4 is 15.5 Å². The topological polar surface area (TPSA) is 58.1 Å². The fourth-order valence-electron chi connectivity index (χ4n) is 2.86. The summed E-state index contributed by atoms with van der Waals surface area (Å²) in [5.41, 5.74) is 0.886. The molecule has 1 fully saturated rings. The van der Waals surface area contributed by atoms with Gasteiger partial charge in [0.1, 0.15) is 5.82 Å². The molecule has 0 saturated carbocycles. The van der Waals surface area contributed by atoms with Crippen LogP contribution in [0.1, 0.15) is 26.2 Å². The fraction of sp³-hybridized carbons (Fsp3) is 0.650. The number of guanidine groups is 1. The number of aliphatic imine (C=N–C) groups is 1. The van der Waals surface area contributed by atoms with Crippen LogP contribution >= 0.6 is 0 Å². The van der Waals surface area contributed by atoms with E-state index >= 15 is 0 Å². The van der Waals surface area contributed by atoms with Gasteiger partial charge < -0.3 is 25.0 Å². The minimum Gasteiger partial charge on any atom is -0.379 e. The Hall–Kier alpha value is -1.86. The van der Waals surface area contributed by atoms with Gasteiger partial charge in [0.2, 0.25) is 0 Å². The fourth-order valence-corrected chi connectivity index (χ4v) is 2.86. The first-order chi connectivity index (χ1) is 13.2. The molecule has 152 valence electrons. The van der Waals surface area contributed by atoms with E-state index in [0.29, 0.717) is 6.54 Å². The zero-order valence-corrected chi connectivity index (χ0v) is 16.5. The standard InChI is InChI=1S/C20H33FN4O2/c1-3-22-20(24-11-6-13-27-19-9-14-26-16-19)23-10-5-12-25(2)18-8-4-7-17(21)15-18/h4,7-8,15,19H,3,5-6,9-14,16H2,1-2H3,(H2,22,23,24). The number of nitrogens with zero attached hydrogens (tertiary/aromatic N) is 2. The van der Waals surface area contributed by atoms with Crippen LogP contribution in [-0.4, -0.2) is 65.1 Å². The van der Waals surface area contributed by atoms with E-state index in [0.717, 1.165) is 70.4 Å². The summed E-state index contributed by atoms with van der Waals surface area (Å²) in [6.07, 6.45) is 3.10. The first kappa shape index (κ1) is 21.4. The van der Waals surface area contributed by atoms with Gasteiger partial charge in [-0.25, -0.2) is 4.39 Å². The largest absolute Gasteiger partial charge is 0.379 e. The van der Waals surface area contributed by atoms with Crippen molar-refractivity contribution in [2.45, 2.75) is 32.3 Å². The summed E-state index contributed by atoms with van der Waals surface area (Å²) in [7, 11) is 1.97. The van der Waals surface area contributed by atoms with Gasteiger partial charge in [-0.2, -0.15) is 0 Å². The van der Waals surface area contributed by atoms with Gasteiger partial charge >= 0.3 is 0 Å². The predicted octanol–water partition coefficient (Wildman–Crippen LogP) is 2.40. The molecular formula is C20H33FN4O2. The lowest BCUT2D eigenvalue weighted by Gasteiger charge is -2.19. The lowest BCUT2D eigenvalue weighted by atomic mass is 10.2. The van der Waals surface area contributed by atoms with E-state index in [1.807, 2.05) is 18.0 Å². The Morgan fingerprint density at radius 1 is 1.37 bits per heavy atom.